The average molecular weight is 189 g/mol. The van der Waals surface area contributed by atoms with Gasteiger partial charge < -0.3 is 11.1 Å². The fourth-order valence-corrected chi connectivity index (χ4v) is 1.23. The maximum absolute atomic E-state index is 8.85. The van der Waals surface area contributed by atoms with Gasteiger partial charge in [0.2, 0.25) is 0 Å². The van der Waals surface area contributed by atoms with Crippen LogP contribution in [0.4, 0.5) is 5.69 Å². The van der Waals surface area contributed by atoms with Crippen LogP contribution in [0.1, 0.15) is 17.5 Å². The Morgan fingerprint density at radius 2 is 2.29 bits per heavy atom. The van der Waals surface area contributed by atoms with Crippen molar-refractivity contribution in [1.29, 1.82) is 5.26 Å². The second kappa shape index (κ2) is 5.25. The van der Waals surface area contributed by atoms with Crippen LogP contribution in [0.3, 0.4) is 0 Å². The van der Waals surface area contributed by atoms with Crippen LogP contribution in [-0.4, -0.2) is 13.1 Å². The first-order valence-electron chi connectivity index (χ1n) is 4.72. The van der Waals surface area contributed by atoms with Gasteiger partial charge in [-0.25, -0.2) is 0 Å². The highest BCUT2D eigenvalue weighted by atomic mass is 14.9. The van der Waals surface area contributed by atoms with Crippen LogP contribution in [0, 0.1) is 18.3 Å². The minimum absolute atomic E-state index is 0.667. The topological polar surface area (TPSA) is 61.8 Å². The molecule has 0 fully saturated rings. The highest BCUT2D eigenvalue weighted by Gasteiger charge is 2.00. The van der Waals surface area contributed by atoms with Crippen molar-refractivity contribution in [3.05, 3.63) is 29.3 Å². The molecule has 0 aliphatic rings. The molecule has 0 aliphatic heterocycles. The van der Waals surface area contributed by atoms with Gasteiger partial charge in [0, 0.05) is 6.54 Å². The lowest BCUT2D eigenvalue weighted by molar-refractivity contribution is 0.874. The fourth-order valence-electron chi connectivity index (χ4n) is 1.23. The molecule has 3 heteroatoms. The minimum Gasteiger partial charge on any atom is -0.384 e. The van der Waals surface area contributed by atoms with Gasteiger partial charge in [-0.05, 0) is 37.6 Å². The second-order valence-corrected chi connectivity index (χ2v) is 3.23. The summed E-state index contributed by atoms with van der Waals surface area (Å²) in [4.78, 5) is 0. The van der Waals surface area contributed by atoms with Gasteiger partial charge in [0.15, 0.2) is 0 Å². The quantitative estimate of drug-likeness (QED) is 0.707. The first kappa shape index (κ1) is 10.6. The average Bonchev–Trinajstić information content (AvgIpc) is 2.19. The summed E-state index contributed by atoms with van der Waals surface area (Å²) in [6.45, 7) is 3.49. The van der Waals surface area contributed by atoms with Crippen LogP contribution in [0.2, 0.25) is 0 Å². The van der Waals surface area contributed by atoms with Crippen LogP contribution >= 0.6 is 0 Å². The third-order valence-electron chi connectivity index (χ3n) is 1.99. The van der Waals surface area contributed by atoms with E-state index in [4.69, 9.17) is 11.0 Å². The zero-order valence-electron chi connectivity index (χ0n) is 8.38. The van der Waals surface area contributed by atoms with Gasteiger partial charge in [-0.2, -0.15) is 5.26 Å². The van der Waals surface area contributed by atoms with Crippen molar-refractivity contribution in [3.8, 4) is 6.07 Å². The van der Waals surface area contributed by atoms with Gasteiger partial charge in [0.1, 0.15) is 6.07 Å². The van der Waals surface area contributed by atoms with Crippen LogP contribution in [0.5, 0.6) is 0 Å². The summed E-state index contributed by atoms with van der Waals surface area (Å²) < 4.78 is 0. The molecule has 1 aromatic rings. The number of aryl methyl sites for hydroxylation is 1. The van der Waals surface area contributed by atoms with E-state index in [1.54, 1.807) is 0 Å². The summed E-state index contributed by atoms with van der Waals surface area (Å²) in [5.41, 5.74) is 8.13. The van der Waals surface area contributed by atoms with E-state index in [0.717, 1.165) is 24.2 Å². The van der Waals surface area contributed by atoms with Crippen molar-refractivity contribution in [2.75, 3.05) is 18.4 Å². The van der Waals surface area contributed by atoms with Crippen molar-refractivity contribution >= 4 is 5.69 Å². The molecule has 1 aromatic carbocycles. The Kier molecular flexibility index (Phi) is 3.96. The molecule has 0 aromatic heterocycles. The number of rotatable bonds is 4. The Labute approximate surface area is 84.5 Å². The third-order valence-corrected chi connectivity index (χ3v) is 1.99. The molecule has 1 rings (SSSR count). The number of benzene rings is 1. The van der Waals surface area contributed by atoms with Crippen LogP contribution in [0.15, 0.2) is 18.2 Å². The normalized spacial score (nSPS) is 9.50. The van der Waals surface area contributed by atoms with E-state index in [9.17, 15) is 0 Å². The summed E-state index contributed by atoms with van der Waals surface area (Å²) in [5, 5.41) is 12.1. The van der Waals surface area contributed by atoms with Gasteiger partial charge in [0.25, 0.3) is 0 Å². The summed E-state index contributed by atoms with van der Waals surface area (Å²) in [6.07, 6.45) is 0.915. The number of hydrogen-bond donors (Lipinski definition) is 2. The Morgan fingerprint density at radius 1 is 1.50 bits per heavy atom. The van der Waals surface area contributed by atoms with Crippen molar-refractivity contribution in [1.82, 2.24) is 0 Å². The molecule has 74 valence electrons. The Balaban J connectivity index is 2.73. The highest BCUT2D eigenvalue weighted by Crippen LogP contribution is 2.16. The molecule has 0 spiro atoms. The SMILES string of the molecule is Cc1ccc(C#N)c(NCCCN)c1. The molecule has 0 saturated heterocycles. The maximum Gasteiger partial charge on any atom is 0.101 e. The molecule has 3 N–H and O–H groups in total. The zero-order chi connectivity index (χ0) is 10.4. The van der Waals surface area contributed by atoms with Gasteiger partial charge in [-0.15, -0.1) is 0 Å². The van der Waals surface area contributed by atoms with Gasteiger partial charge >= 0.3 is 0 Å². The first-order valence-corrected chi connectivity index (χ1v) is 4.72. The lowest BCUT2D eigenvalue weighted by Gasteiger charge is -2.07. The number of nitrogens with one attached hydrogen (secondary N) is 1. The predicted molar refractivity (Wildman–Crippen MR) is 58.1 cm³/mol. The van der Waals surface area contributed by atoms with Crippen molar-refractivity contribution in [3.63, 3.8) is 0 Å². The number of nitrogens with zero attached hydrogens (tertiary/aromatic N) is 1. The molecular weight excluding hydrogens is 174 g/mol. The summed E-state index contributed by atoms with van der Waals surface area (Å²) in [5.74, 6) is 0. The molecule has 0 heterocycles. The maximum atomic E-state index is 8.85. The predicted octanol–water partition coefficient (Wildman–Crippen LogP) is 1.63. The van der Waals surface area contributed by atoms with E-state index >= 15 is 0 Å². The monoisotopic (exact) mass is 189 g/mol. The summed E-state index contributed by atoms with van der Waals surface area (Å²) in [6, 6.07) is 7.91. The van der Waals surface area contributed by atoms with Crippen molar-refractivity contribution < 1.29 is 0 Å². The van der Waals surface area contributed by atoms with Crippen LogP contribution < -0.4 is 11.1 Å². The molecule has 14 heavy (non-hydrogen) atoms. The Morgan fingerprint density at radius 3 is 2.93 bits per heavy atom. The fraction of sp³-hybridized carbons (Fsp3) is 0.364. The molecule has 0 atom stereocenters. The Hall–Kier alpha value is -1.53. The molecular formula is C11H15N3. The molecule has 3 nitrogen and oxygen atoms in total. The van der Waals surface area contributed by atoms with Crippen LogP contribution in [0.25, 0.3) is 0 Å². The van der Waals surface area contributed by atoms with Gasteiger partial charge in [0.05, 0.1) is 11.3 Å². The number of hydrogen-bond acceptors (Lipinski definition) is 3. The number of nitrogens with two attached hydrogens (primary N) is 1. The minimum atomic E-state index is 0.667. The Bertz CT molecular complexity index is 339. The van der Waals surface area contributed by atoms with E-state index in [1.165, 1.54) is 0 Å². The smallest absolute Gasteiger partial charge is 0.101 e. The third kappa shape index (κ3) is 2.75. The molecule has 0 saturated carbocycles. The van der Waals surface area contributed by atoms with Gasteiger partial charge in [-0.1, -0.05) is 6.07 Å². The highest BCUT2D eigenvalue weighted by molar-refractivity contribution is 5.58. The standard InChI is InChI=1S/C11H15N3/c1-9-3-4-10(8-13)11(7-9)14-6-2-5-12/h3-4,7,14H,2,5-6,12H2,1H3. The molecule has 0 amide bonds. The van der Waals surface area contributed by atoms with Crippen molar-refractivity contribution in [2.24, 2.45) is 5.73 Å². The lowest BCUT2D eigenvalue weighted by Crippen LogP contribution is -2.09. The van der Waals surface area contributed by atoms with Crippen molar-refractivity contribution in [2.45, 2.75) is 13.3 Å². The van der Waals surface area contributed by atoms with E-state index in [1.807, 2.05) is 25.1 Å². The number of anilines is 1. The van der Waals surface area contributed by atoms with E-state index in [0.29, 0.717) is 12.1 Å². The van der Waals surface area contributed by atoms with Gasteiger partial charge in [-0.3, -0.25) is 0 Å². The number of nitriles is 1. The summed E-state index contributed by atoms with van der Waals surface area (Å²) >= 11 is 0. The lowest BCUT2D eigenvalue weighted by atomic mass is 10.1. The van der Waals surface area contributed by atoms with E-state index in [2.05, 4.69) is 11.4 Å². The zero-order valence-corrected chi connectivity index (χ0v) is 8.38. The largest absolute Gasteiger partial charge is 0.384 e. The first-order chi connectivity index (χ1) is 6.77. The van der Waals surface area contributed by atoms with Crippen LogP contribution in [-0.2, 0) is 0 Å². The van der Waals surface area contributed by atoms with E-state index in [-0.39, 0.29) is 0 Å². The second-order valence-electron chi connectivity index (χ2n) is 3.23. The molecule has 0 radical (unpaired) electrons. The molecule has 0 unspecified atom stereocenters. The van der Waals surface area contributed by atoms with E-state index < -0.39 is 0 Å². The molecule has 0 aliphatic carbocycles. The summed E-state index contributed by atoms with van der Waals surface area (Å²) in [7, 11) is 0. The molecule has 0 bridgehead atoms.